The second-order valence-corrected chi connectivity index (χ2v) is 9.81. The highest BCUT2D eigenvalue weighted by atomic mass is 35.5. The van der Waals surface area contributed by atoms with Crippen molar-refractivity contribution in [2.45, 2.75) is 19.8 Å². The molecular weight excluding hydrogens is 524 g/mol. The predicted molar refractivity (Wildman–Crippen MR) is 149 cm³/mol. The number of carbonyl (C=O) groups is 2. The second-order valence-electron chi connectivity index (χ2n) is 8.42. The van der Waals surface area contributed by atoms with Crippen LogP contribution in [0.3, 0.4) is 0 Å². The minimum atomic E-state index is -0.771. The smallest absolute Gasteiger partial charge is 0.254 e. The Morgan fingerprint density at radius 1 is 1.16 bits per heavy atom. The molecule has 38 heavy (non-hydrogen) atoms. The van der Waals surface area contributed by atoms with E-state index in [-0.39, 0.29) is 17.2 Å². The molecule has 2 aromatic carbocycles. The fourth-order valence-corrected chi connectivity index (χ4v) is 5.08. The van der Waals surface area contributed by atoms with Crippen LogP contribution in [0.2, 0.25) is 5.02 Å². The molecule has 1 aromatic heterocycles. The number of rotatable bonds is 8. The van der Waals surface area contributed by atoms with E-state index in [2.05, 4.69) is 22.0 Å². The van der Waals surface area contributed by atoms with Crippen molar-refractivity contribution in [1.82, 2.24) is 5.32 Å². The van der Waals surface area contributed by atoms with Gasteiger partial charge in [0.15, 0.2) is 0 Å². The number of methoxy groups -OCH3 is 1. The number of para-hydroxylation sites is 2. The summed E-state index contributed by atoms with van der Waals surface area (Å²) >= 11 is 7.33. The molecule has 1 aliphatic rings. The van der Waals surface area contributed by atoms with Crippen LogP contribution >= 0.6 is 23.4 Å². The molecule has 0 fully saturated rings. The van der Waals surface area contributed by atoms with Crippen LogP contribution in [0.4, 0.5) is 11.4 Å². The maximum Gasteiger partial charge on any atom is 0.254 e. The highest BCUT2D eigenvalue weighted by molar-refractivity contribution is 8.03. The predicted octanol–water partition coefficient (Wildman–Crippen LogP) is 5.96. The van der Waals surface area contributed by atoms with Crippen molar-refractivity contribution in [3.63, 3.8) is 0 Å². The van der Waals surface area contributed by atoms with Gasteiger partial charge in [0.25, 0.3) is 5.91 Å². The van der Waals surface area contributed by atoms with Crippen molar-refractivity contribution in [3.8, 4) is 11.8 Å². The Kier molecular flexibility index (Phi) is 8.46. The quantitative estimate of drug-likeness (QED) is 0.318. The standard InChI is InChI=1S/C28H25ClN4O4S/c1-16-10-11-18(13-20(16)29)32-24(34)15-38-28-19(14-30)26(23-9-6-12-37-23)25(17(2)31-28)27(35)33-21-7-4-5-8-22(21)36-3/h4-13,26,31H,15H2,1-3H3,(H,32,34)(H,33,35). The van der Waals surface area contributed by atoms with Gasteiger partial charge in [0, 0.05) is 16.4 Å². The van der Waals surface area contributed by atoms with E-state index in [1.165, 1.54) is 25.1 Å². The van der Waals surface area contributed by atoms with E-state index in [0.29, 0.717) is 44.2 Å². The molecule has 194 valence electrons. The molecule has 2 amide bonds. The molecule has 2 heterocycles. The third-order valence-electron chi connectivity index (χ3n) is 5.88. The summed E-state index contributed by atoms with van der Waals surface area (Å²) in [5, 5.41) is 20.0. The minimum absolute atomic E-state index is 0.0277. The van der Waals surface area contributed by atoms with Crippen LogP contribution in [-0.2, 0) is 9.59 Å². The van der Waals surface area contributed by atoms with E-state index >= 15 is 0 Å². The number of nitrogens with zero attached hydrogens (tertiary/aromatic N) is 1. The number of anilines is 2. The SMILES string of the molecule is COc1ccccc1NC(=O)C1=C(C)NC(SCC(=O)Nc2ccc(C)c(Cl)c2)=C(C#N)C1c1ccco1. The monoisotopic (exact) mass is 548 g/mol. The molecule has 0 aliphatic carbocycles. The van der Waals surface area contributed by atoms with Gasteiger partial charge < -0.3 is 25.1 Å². The first-order chi connectivity index (χ1) is 18.3. The number of hydrogen-bond acceptors (Lipinski definition) is 7. The summed E-state index contributed by atoms with van der Waals surface area (Å²) in [4.78, 5) is 26.2. The van der Waals surface area contributed by atoms with Crippen LogP contribution in [-0.4, -0.2) is 24.7 Å². The number of furan rings is 1. The molecule has 0 saturated heterocycles. The molecule has 0 radical (unpaired) electrons. The third-order valence-corrected chi connectivity index (χ3v) is 7.30. The normalized spacial score (nSPS) is 15.0. The van der Waals surface area contributed by atoms with E-state index in [9.17, 15) is 14.9 Å². The largest absolute Gasteiger partial charge is 0.495 e. The summed E-state index contributed by atoms with van der Waals surface area (Å²) in [5.41, 5.74) is 3.11. The molecule has 3 aromatic rings. The van der Waals surface area contributed by atoms with E-state index in [4.69, 9.17) is 20.8 Å². The molecule has 8 nitrogen and oxygen atoms in total. The topological polar surface area (TPSA) is 116 Å². The molecule has 1 unspecified atom stereocenters. The third kappa shape index (κ3) is 5.88. The molecule has 1 aliphatic heterocycles. The van der Waals surface area contributed by atoms with Gasteiger partial charge in [-0.1, -0.05) is 41.6 Å². The van der Waals surface area contributed by atoms with Crippen molar-refractivity contribution in [3.05, 3.63) is 99.1 Å². The Balaban J connectivity index is 1.58. The molecule has 0 bridgehead atoms. The van der Waals surface area contributed by atoms with Crippen LogP contribution in [0.25, 0.3) is 0 Å². The zero-order chi connectivity index (χ0) is 27.2. The van der Waals surface area contributed by atoms with Crippen molar-refractivity contribution in [2.24, 2.45) is 0 Å². The summed E-state index contributed by atoms with van der Waals surface area (Å²) < 4.78 is 11.0. The Hall–Kier alpha value is -4.13. The fourth-order valence-electron chi connectivity index (χ4n) is 4.01. The number of allylic oxidation sites excluding steroid dienone is 2. The number of dihydropyridines is 1. The van der Waals surface area contributed by atoms with Gasteiger partial charge in [-0.05, 0) is 55.8 Å². The Morgan fingerprint density at radius 2 is 1.95 bits per heavy atom. The summed E-state index contributed by atoms with van der Waals surface area (Å²) in [6, 6.07) is 18.0. The van der Waals surface area contributed by atoms with Crippen LogP contribution in [0.5, 0.6) is 5.75 Å². The average molecular weight is 549 g/mol. The lowest BCUT2D eigenvalue weighted by molar-refractivity contribution is -0.114. The van der Waals surface area contributed by atoms with E-state index in [1.807, 2.05) is 13.0 Å². The zero-order valence-corrected chi connectivity index (χ0v) is 22.5. The molecule has 0 saturated carbocycles. The van der Waals surface area contributed by atoms with Gasteiger partial charge in [-0.25, -0.2) is 0 Å². The maximum absolute atomic E-state index is 13.5. The minimum Gasteiger partial charge on any atom is -0.495 e. The number of amides is 2. The average Bonchev–Trinajstić information content (AvgIpc) is 3.44. The molecule has 4 rings (SSSR count). The number of halogens is 1. The second kappa shape index (κ2) is 11.9. The molecule has 0 spiro atoms. The summed E-state index contributed by atoms with van der Waals surface area (Å²) in [7, 11) is 1.52. The summed E-state index contributed by atoms with van der Waals surface area (Å²) in [5.74, 6) is -0.480. The first-order valence-electron chi connectivity index (χ1n) is 11.6. The summed E-state index contributed by atoms with van der Waals surface area (Å²) in [6.07, 6.45) is 1.49. The van der Waals surface area contributed by atoms with Gasteiger partial charge in [0.2, 0.25) is 5.91 Å². The Morgan fingerprint density at radius 3 is 2.63 bits per heavy atom. The number of thioether (sulfide) groups is 1. The lowest BCUT2D eigenvalue weighted by Crippen LogP contribution is -2.31. The zero-order valence-electron chi connectivity index (χ0n) is 20.9. The number of carbonyl (C=O) groups excluding carboxylic acids is 2. The van der Waals surface area contributed by atoms with Gasteiger partial charge in [0.05, 0.1) is 53.0 Å². The first kappa shape index (κ1) is 26.9. The maximum atomic E-state index is 13.5. The molecular formula is C28H25ClN4O4S. The number of aryl methyl sites for hydroxylation is 1. The van der Waals surface area contributed by atoms with E-state index in [0.717, 1.165) is 5.56 Å². The van der Waals surface area contributed by atoms with Crippen molar-refractivity contribution >= 4 is 46.6 Å². The van der Waals surface area contributed by atoms with Gasteiger partial charge in [-0.15, -0.1) is 0 Å². The summed E-state index contributed by atoms with van der Waals surface area (Å²) in [6.45, 7) is 3.63. The Labute approximate surface area is 229 Å². The van der Waals surface area contributed by atoms with Crippen molar-refractivity contribution in [2.75, 3.05) is 23.5 Å². The van der Waals surface area contributed by atoms with E-state index < -0.39 is 11.8 Å². The van der Waals surface area contributed by atoms with Crippen LogP contribution < -0.4 is 20.7 Å². The highest BCUT2D eigenvalue weighted by Crippen LogP contribution is 2.41. The lowest BCUT2D eigenvalue weighted by Gasteiger charge is -2.28. The fraction of sp³-hybridized carbons (Fsp3) is 0.179. The molecule has 10 heteroatoms. The number of nitriles is 1. The molecule has 1 atom stereocenters. The van der Waals surface area contributed by atoms with Crippen molar-refractivity contribution in [1.29, 1.82) is 5.26 Å². The highest BCUT2D eigenvalue weighted by Gasteiger charge is 2.36. The number of ether oxygens (including phenoxy) is 1. The van der Waals surface area contributed by atoms with Gasteiger partial charge >= 0.3 is 0 Å². The van der Waals surface area contributed by atoms with Crippen LogP contribution in [0, 0.1) is 18.3 Å². The first-order valence-corrected chi connectivity index (χ1v) is 13.0. The van der Waals surface area contributed by atoms with Crippen LogP contribution in [0.1, 0.15) is 24.2 Å². The number of nitrogens with one attached hydrogen (secondary N) is 3. The van der Waals surface area contributed by atoms with Gasteiger partial charge in [0.1, 0.15) is 11.5 Å². The molecule has 3 N–H and O–H groups in total. The van der Waals surface area contributed by atoms with E-state index in [1.54, 1.807) is 55.5 Å². The Bertz CT molecular complexity index is 1470. The van der Waals surface area contributed by atoms with Crippen molar-refractivity contribution < 1.29 is 18.7 Å². The number of benzene rings is 2. The lowest BCUT2D eigenvalue weighted by atomic mass is 9.85. The van der Waals surface area contributed by atoms with Gasteiger partial charge in [-0.2, -0.15) is 5.26 Å². The van der Waals surface area contributed by atoms with Crippen LogP contribution in [0.15, 0.2) is 87.1 Å². The van der Waals surface area contributed by atoms with Gasteiger partial charge in [-0.3, -0.25) is 9.59 Å². The number of hydrogen-bond donors (Lipinski definition) is 3.